The molecule has 0 unspecified atom stereocenters. The maximum Gasteiger partial charge on any atom is 0.387 e. The lowest BCUT2D eigenvalue weighted by Gasteiger charge is -2.12. The first-order valence-corrected chi connectivity index (χ1v) is 7.61. The predicted molar refractivity (Wildman–Crippen MR) is 86.7 cm³/mol. The highest BCUT2D eigenvalue weighted by molar-refractivity contribution is 7.98. The van der Waals surface area contributed by atoms with Gasteiger partial charge in [-0.05, 0) is 6.07 Å². The Morgan fingerprint density at radius 2 is 1.88 bits per heavy atom. The third kappa shape index (κ3) is 4.79. The Morgan fingerprint density at radius 1 is 1.24 bits per heavy atom. The molecule has 0 saturated carbocycles. The van der Waals surface area contributed by atoms with E-state index in [1.165, 1.54) is 19.2 Å². The van der Waals surface area contributed by atoms with Gasteiger partial charge in [0, 0.05) is 17.4 Å². The zero-order valence-electron chi connectivity index (χ0n) is 12.8. The van der Waals surface area contributed by atoms with E-state index in [0.717, 1.165) is 17.8 Å². The number of aromatic nitrogens is 2. The molecule has 0 aliphatic heterocycles. The van der Waals surface area contributed by atoms with Crippen molar-refractivity contribution < 1.29 is 23.2 Å². The van der Waals surface area contributed by atoms with E-state index in [-0.39, 0.29) is 33.9 Å². The summed E-state index contributed by atoms with van der Waals surface area (Å²) in [7, 11) is 1.23. The monoisotopic (exact) mass is 373 g/mol. The Balaban J connectivity index is 2.33. The molecular formula is C13H13F2N5O4S. The molecule has 0 spiro atoms. The number of hydrogen-bond acceptors (Lipinski definition) is 9. The lowest BCUT2D eigenvalue weighted by molar-refractivity contribution is -0.385. The molecule has 2 rings (SSSR count). The second-order valence-electron chi connectivity index (χ2n) is 4.56. The van der Waals surface area contributed by atoms with Crippen LogP contribution in [0.2, 0.25) is 0 Å². The van der Waals surface area contributed by atoms with Crippen LogP contribution in [-0.4, -0.2) is 28.6 Å². The summed E-state index contributed by atoms with van der Waals surface area (Å²) in [5, 5.41) is 11.4. The minimum absolute atomic E-state index is 0.0600. The number of nitro groups is 1. The first kappa shape index (κ1) is 18.4. The topological polar surface area (TPSA) is 139 Å². The lowest BCUT2D eigenvalue weighted by Crippen LogP contribution is -2.05. The van der Waals surface area contributed by atoms with Crippen molar-refractivity contribution in [2.45, 2.75) is 17.5 Å². The highest BCUT2D eigenvalue weighted by atomic mass is 32.2. The van der Waals surface area contributed by atoms with Crippen molar-refractivity contribution in [3.05, 3.63) is 33.9 Å². The van der Waals surface area contributed by atoms with Crippen molar-refractivity contribution in [2.24, 2.45) is 0 Å². The zero-order valence-corrected chi connectivity index (χ0v) is 13.6. The van der Waals surface area contributed by atoms with Crippen LogP contribution in [0.5, 0.6) is 11.5 Å². The fourth-order valence-electron chi connectivity index (χ4n) is 1.89. The molecule has 0 amide bonds. The number of rotatable bonds is 7. The normalized spacial score (nSPS) is 10.7. The number of thioether (sulfide) groups is 1. The van der Waals surface area contributed by atoms with Crippen molar-refractivity contribution >= 4 is 29.1 Å². The van der Waals surface area contributed by atoms with Crippen molar-refractivity contribution in [3.8, 4) is 11.5 Å². The van der Waals surface area contributed by atoms with E-state index in [1.807, 2.05) is 0 Å². The van der Waals surface area contributed by atoms with Crippen molar-refractivity contribution in [1.82, 2.24) is 9.97 Å². The van der Waals surface area contributed by atoms with E-state index >= 15 is 0 Å². The van der Waals surface area contributed by atoms with Crippen LogP contribution in [0.15, 0.2) is 23.4 Å². The molecule has 25 heavy (non-hydrogen) atoms. The Bertz CT molecular complexity index is 773. The summed E-state index contributed by atoms with van der Waals surface area (Å²) >= 11 is 1.04. The van der Waals surface area contributed by atoms with Crippen LogP contribution in [0.25, 0.3) is 0 Å². The van der Waals surface area contributed by atoms with Gasteiger partial charge in [0.05, 0.1) is 18.1 Å². The maximum absolute atomic E-state index is 12.4. The van der Waals surface area contributed by atoms with Crippen LogP contribution in [0.4, 0.5) is 26.1 Å². The molecule has 0 aliphatic carbocycles. The number of ether oxygens (including phenoxy) is 2. The van der Waals surface area contributed by atoms with Gasteiger partial charge in [0.15, 0.2) is 16.7 Å². The number of nitrogen functional groups attached to an aromatic ring is 2. The summed E-state index contributed by atoms with van der Waals surface area (Å²) in [5.41, 5.74) is 10.9. The molecule has 0 bridgehead atoms. The van der Waals surface area contributed by atoms with E-state index < -0.39 is 23.0 Å². The third-order valence-electron chi connectivity index (χ3n) is 2.88. The molecular weight excluding hydrogens is 360 g/mol. The molecule has 4 N–H and O–H groups in total. The number of halogens is 2. The molecule has 9 nitrogen and oxygen atoms in total. The Hall–Kier alpha value is -2.89. The number of anilines is 2. The second-order valence-corrected chi connectivity index (χ2v) is 5.50. The first-order chi connectivity index (χ1) is 11.8. The summed E-state index contributed by atoms with van der Waals surface area (Å²) in [5.74, 6) is -0.118. The number of nitrogens with two attached hydrogens (primary N) is 2. The van der Waals surface area contributed by atoms with Crippen molar-refractivity contribution in [1.29, 1.82) is 0 Å². The summed E-state index contributed by atoms with van der Waals surface area (Å²) in [6.45, 7) is -3.14. The molecule has 0 fully saturated rings. The maximum atomic E-state index is 12.4. The van der Waals surface area contributed by atoms with Crippen LogP contribution in [0.3, 0.4) is 0 Å². The summed E-state index contributed by atoms with van der Waals surface area (Å²) < 4.78 is 34.0. The Labute approximate surface area is 144 Å². The van der Waals surface area contributed by atoms with Crippen LogP contribution in [-0.2, 0) is 5.75 Å². The average Bonchev–Trinajstić information content (AvgIpc) is 2.51. The van der Waals surface area contributed by atoms with Gasteiger partial charge in [-0.3, -0.25) is 10.1 Å². The quantitative estimate of drug-likeness (QED) is 0.324. The first-order valence-electron chi connectivity index (χ1n) is 6.63. The largest absolute Gasteiger partial charge is 0.493 e. The van der Waals surface area contributed by atoms with E-state index in [4.69, 9.17) is 16.2 Å². The molecule has 1 heterocycles. The number of methoxy groups -OCH3 is 1. The zero-order chi connectivity index (χ0) is 18.6. The average molecular weight is 373 g/mol. The fourth-order valence-corrected chi connectivity index (χ4v) is 2.75. The molecule has 1 aromatic carbocycles. The minimum Gasteiger partial charge on any atom is -0.493 e. The summed E-state index contributed by atoms with van der Waals surface area (Å²) in [6.07, 6.45) is 0. The number of hydrogen-bond donors (Lipinski definition) is 2. The minimum atomic E-state index is -3.14. The van der Waals surface area contributed by atoms with Gasteiger partial charge in [-0.2, -0.15) is 8.78 Å². The molecule has 0 radical (unpaired) electrons. The van der Waals surface area contributed by atoms with E-state index in [0.29, 0.717) is 0 Å². The van der Waals surface area contributed by atoms with Gasteiger partial charge in [0.25, 0.3) is 5.69 Å². The number of nitrogens with zero attached hydrogens (tertiary/aromatic N) is 3. The molecule has 2 aromatic rings. The smallest absolute Gasteiger partial charge is 0.387 e. The summed E-state index contributed by atoms with van der Waals surface area (Å²) in [6, 6.07) is 3.50. The molecule has 0 atom stereocenters. The number of alkyl halides is 2. The van der Waals surface area contributed by atoms with Crippen LogP contribution < -0.4 is 20.9 Å². The highest BCUT2D eigenvalue weighted by Crippen LogP contribution is 2.37. The standard InChI is InChI=1S/C13H13F2N5O4S/c1-23-8-2-6(5-25-13-18-10(16)4-11(17)19-13)7(20(21)22)3-9(8)24-12(14)15/h2-4,12H,5H2,1H3,(H4,16,17,18,19). The highest BCUT2D eigenvalue weighted by Gasteiger charge is 2.22. The number of nitro benzene ring substituents is 1. The molecule has 1 aromatic heterocycles. The van der Waals surface area contributed by atoms with E-state index in [1.54, 1.807) is 0 Å². The Kier molecular flexibility index (Phi) is 5.75. The SMILES string of the molecule is COc1cc(CSc2nc(N)cc(N)n2)c([N+](=O)[O-])cc1OC(F)F. The van der Waals surface area contributed by atoms with Gasteiger partial charge in [-0.15, -0.1) is 0 Å². The van der Waals surface area contributed by atoms with Crippen LogP contribution in [0.1, 0.15) is 5.56 Å². The summed E-state index contributed by atoms with van der Waals surface area (Å²) in [4.78, 5) is 18.4. The van der Waals surface area contributed by atoms with Crippen molar-refractivity contribution in [3.63, 3.8) is 0 Å². The van der Waals surface area contributed by atoms with Crippen LogP contribution in [0, 0.1) is 10.1 Å². The molecule has 12 heteroatoms. The molecule has 0 aliphatic rings. The van der Waals surface area contributed by atoms with Gasteiger partial charge in [0.2, 0.25) is 0 Å². The van der Waals surface area contributed by atoms with Crippen molar-refractivity contribution in [2.75, 3.05) is 18.6 Å². The lowest BCUT2D eigenvalue weighted by atomic mass is 10.2. The fraction of sp³-hybridized carbons (Fsp3) is 0.231. The van der Waals surface area contributed by atoms with Gasteiger partial charge in [0.1, 0.15) is 11.6 Å². The molecule has 0 saturated heterocycles. The van der Waals surface area contributed by atoms with Gasteiger partial charge in [-0.25, -0.2) is 9.97 Å². The second kappa shape index (κ2) is 7.79. The predicted octanol–water partition coefficient (Wildman–Crippen LogP) is 2.45. The van der Waals surface area contributed by atoms with E-state index in [9.17, 15) is 18.9 Å². The number of benzene rings is 1. The van der Waals surface area contributed by atoms with Gasteiger partial charge in [-0.1, -0.05) is 11.8 Å². The molecule has 134 valence electrons. The van der Waals surface area contributed by atoms with Gasteiger partial charge >= 0.3 is 6.61 Å². The van der Waals surface area contributed by atoms with Crippen LogP contribution >= 0.6 is 11.8 Å². The van der Waals surface area contributed by atoms with Gasteiger partial charge < -0.3 is 20.9 Å². The third-order valence-corrected chi connectivity index (χ3v) is 3.78. The Morgan fingerprint density at radius 3 is 2.40 bits per heavy atom. The van der Waals surface area contributed by atoms with E-state index in [2.05, 4.69) is 14.7 Å².